The van der Waals surface area contributed by atoms with E-state index in [1.807, 2.05) is 0 Å². The Bertz CT molecular complexity index is 111. The summed E-state index contributed by atoms with van der Waals surface area (Å²) in [5.74, 6) is -0.362. The summed E-state index contributed by atoms with van der Waals surface area (Å²) >= 11 is 4.46. The highest BCUT2D eigenvalue weighted by atomic mass is 32.1. The van der Waals surface area contributed by atoms with E-state index in [2.05, 4.69) is 17.5 Å². The van der Waals surface area contributed by atoms with Gasteiger partial charge in [0, 0.05) is 13.0 Å². The molecular formula is C4H9N3OS. The number of nitrogens with one attached hydrogen (secondary N) is 1. The first-order valence-corrected chi connectivity index (χ1v) is 2.85. The number of thiocarbonyl (C=S) groups is 1. The van der Waals surface area contributed by atoms with Crippen LogP contribution in [-0.2, 0) is 4.79 Å². The van der Waals surface area contributed by atoms with E-state index in [4.69, 9.17) is 11.5 Å². The average Bonchev–Trinajstić information content (AvgIpc) is 1.63. The quantitative estimate of drug-likeness (QED) is 0.433. The van der Waals surface area contributed by atoms with Crippen LogP contribution in [0.4, 0.5) is 0 Å². The van der Waals surface area contributed by atoms with Crippen molar-refractivity contribution >= 4 is 23.2 Å². The summed E-state index contributed by atoms with van der Waals surface area (Å²) in [6, 6.07) is 0. The van der Waals surface area contributed by atoms with Crippen LogP contribution in [0.1, 0.15) is 6.42 Å². The number of carbonyl (C=O) groups is 1. The van der Waals surface area contributed by atoms with Gasteiger partial charge in [-0.05, 0) is 12.2 Å². The number of primary amides is 1. The number of amides is 1. The average molecular weight is 147 g/mol. The van der Waals surface area contributed by atoms with Crippen molar-refractivity contribution in [3.63, 3.8) is 0 Å². The maximum atomic E-state index is 10.1. The van der Waals surface area contributed by atoms with Crippen LogP contribution in [0.25, 0.3) is 0 Å². The fraction of sp³-hybridized carbons (Fsp3) is 0.500. The number of carbonyl (C=O) groups excluding carboxylic acids is 1. The Hall–Kier alpha value is -0.840. The summed E-state index contributed by atoms with van der Waals surface area (Å²) in [6.45, 7) is 0.421. The first kappa shape index (κ1) is 8.16. The minimum atomic E-state index is -0.362. The van der Waals surface area contributed by atoms with Crippen molar-refractivity contribution in [2.24, 2.45) is 11.5 Å². The van der Waals surface area contributed by atoms with Gasteiger partial charge in [-0.2, -0.15) is 0 Å². The third-order valence-electron chi connectivity index (χ3n) is 0.671. The van der Waals surface area contributed by atoms with Crippen molar-refractivity contribution in [1.29, 1.82) is 0 Å². The van der Waals surface area contributed by atoms with Crippen molar-refractivity contribution in [2.75, 3.05) is 6.54 Å². The molecule has 0 aliphatic carbocycles. The fourth-order valence-electron chi connectivity index (χ4n) is 0.309. The van der Waals surface area contributed by atoms with Crippen molar-refractivity contribution in [2.45, 2.75) is 6.42 Å². The fourth-order valence-corrected chi connectivity index (χ4v) is 0.411. The maximum absolute atomic E-state index is 10.1. The first-order valence-electron chi connectivity index (χ1n) is 2.44. The molecule has 0 atom stereocenters. The van der Waals surface area contributed by atoms with Gasteiger partial charge in [-0.15, -0.1) is 0 Å². The van der Waals surface area contributed by atoms with Gasteiger partial charge in [-0.3, -0.25) is 4.79 Å². The van der Waals surface area contributed by atoms with Gasteiger partial charge in [0.15, 0.2) is 5.11 Å². The van der Waals surface area contributed by atoms with Gasteiger partial charge >= 0.3 is 0 Å². The zero-order valence-electron chi connectivity index (χ0n) is 4.89. The molecule has 0 spiro atoms. The van der Waals surface area contributed by atoms with Crippen LogP contribution in [0, 0.1) is 0 Å². The van der Waals surface area contributed by atoms with E-state index in [9.17, 15) is 4.79 Å². The lowest BCUT2D eigenvalue weighted by molar-refractivity contribution is -0.117. The van der Waals surface area contributed by atoms with Crippen molar-refractivity contribution < 1.29 is 4.79 Å². The molecule has 0 aromatic heterocycles. The SMILES string of the molecule is NC(=O)CCNC(N)=S. The van der Waals surface area contributed by atoms with E-state index in [1.165, 1.54) is 0 Å². The van der Waals surface area contributed by atoms with Crippen LogP contribution in [0.15, 0.2) is 0 Å². The summed E-state index contributed by atoms with van der Waals surface area (Å²) < 4.78 is 0. The van der Waals surface area contributed by atoms with Gasteiger partial charge in [0.1, 0.15) is 0 Å². The van der Waals surface area contributed by atoms with E-state index in [1.54, 1.807) is 0 Å². The van der Waals surface area contributed by atoms with Crippen LogP contribution < -0.4 is 16.8 Å². The van der Waals surface area contributed by atoms with Crippen LogP contribution in [0.5, 0.6) is 0 Å². The molecule has 0 bridgehead atoms. The molecule has 0 unspecified atom stereocenters. The molecule has 0 heterocycles. The lowest BCUT2D eigenvalue weighted by Gasteiger charge is -1.98. The molecule has 1 amide bonds. The largest absolute Gasteiger partial charge is 0.376 e. The highest BCUT2D eigenvalue weighted by molar-refractivity contribution is 7.80. The molecule has 5 N–H and O–H groups in total. The van der Waals surface area contributed by atoms with E-state index < -0.39 is 0 Å². The molecule has 4 nitrogen and oxygen atoms in total. The van der Waals surface area contributed by atoms with Gasteiger partial charge in [0.2, 0.25) is 5.91 Å². The summed E-state index contributed by atoms with van der Waals surface area (Å²) in [5, 5.41) is 2.78. The predicted octanol–water partition coefficient (Wildman–Crippen LogP) is -1.30. The Morgan fingerprint density at radius 2 is 2.11 bits per heavy atom. The Kier molecular flexibility index (Phi) is 3.70. The van der Waals surface area contributed by atoms with Crippen LogP contribution in [0.3, 0.4) is 0 Å². The van der Waals surface area contributed by atoms with Crippen molar-refractivity contribution in [3.05, 3.63) is 0 Å². The van der Waals surface area contributed by atoms with Crippen LogP contribution in [-0.4, -0.2) is 17.6 Å². The minimum Gasteiger partial charge on any atom is -0.376 e. The van der Waals surface area contributed by atoms with E-state index in [0.29, 0.717) is 6.54 Å². The second kappa shape index (κ2) is 4.08. The molecule has 0 aliphatic rings. The number of rotatable bonds is 3. The molecule has 0 radical (unpaired) electrons. The Balaban J connectivity index is 3.10. The monoisotopic (exact) mass is 147 g/mol. The minimum absolute atomic E-state index is 0.191. The number of hydrogen-bond donors (Lipinski definition) is 3. The van der Waals surface area contributed by atoms with Crippen molar-refractivity contribution in [1.82, 2.24) is 5.32 Å². The summed E-state index contributed by atoms with van der Waals surface area (Å²) in [5.41, 5.74) is 9.86. The zero-order chi connectivity index (χ0) is 7.28. The molecule has 5 heteroatoms. The Morgan fingerprint density at radius 1 is 1.56 bits per heavy atom. The summed E-state index contributed by atoms with van der Waals surface area (Å²) in [4.78, 5) is 10.1. The van der Waals surface area contributed by atoms with E-state index in [-0.39, 0.29) is 17.4 Å². The van der Waals surface area contributed by atoms with Crippen LogP contribution >= 0.6 is 12.2 Å². The lowest BCUT2D eigenvalue weighted by Crippen LogP contribution is -2.31. The van der Waals surface area contributed by atoms with Gasteiger partial charge in [-0.1, -0.05) is 0 Å². The second-order valence-electron chi connectivity index (χ2n) is 1.51. The third-order valence-corrected chi connectivity index (χ3v) is 0.815. The highest BCUT2D eigenvalue weighted by Gasteiger charge is 1.91. The van der Waals surface area contributed by atoms with Gasteiger partial charge in [0.05, 0.1) is 0 Å². The topological polar surface area (TPSA) is 81.1 Å². The summed E-state index contributed by atoms with van der Waals surface area (Å²) in [6.07, 6.45) is 0.261. The molecule has 0 rings (SSSR count). The molecule has 0 aliphatic heterocycles. The lowest BCUT2D eigenvalue weighted by atomic mass is 10.4. The van der Waals surface area contributed by atoms with Crippen LogP contribution in [0.2, 0.25) is 0 Å². The Morgan fingerprint density at radius 3 is 2.44 bits per heavy atom. The predicted molar refractivity (Wildman–Crippen MR) is 38.6 cm³/mol. The molecule has 9 heavy (non-hydrogen) atoms. The van der Waals surface area contributed by atoms with Gasteiger partial charge in [-0.25, -0.2) is 0 Å². The standard InChI is InChI=1S/C4H9N3OS/c5-3(8)1-2-7-4(6)9/h1-2H2,(H2,5,8)(H3,6,7,9). The molecule has 0 saturated heterocycles. The molecule has 0 fully saturated rings. The number of hydrogen-bond acceptors (Lipinski definition) is 2. The molecule has 0 saturated carbocycles. The molecule has 0 aromatic carbocycles. The zero-order valence-corrected chi connectivity index (χ0v) is 5.70. The first-order chi connectivity index (χ1) is 4.13. The molecule has 52 valence electrons. The normalized spacial score (nSPS) is 8.44. The smallest absolute Gasteiger partial charge is 0.219 e. The second-order valence-corrected chi connectivity index (χ2v) is 1.95. The van der Waals surface area contributed by atoms with E-state index >= 15 is 0 Å². The van der Waals surface area contributed by atoms with E-state index in [0.717, 1.165) is 0 Å². The third kappa shape index (κ3) is 7.16. The Labute approximate surface area is 58.6 Å². The summed E-state index contributed by atoms with van der Waals surface area (Å²) in [7, 11) is 0. The molecular weight excluding hydrogens is 138 g/mol. The molecule has 0 aromatic rings. The maximum Gasteiger partial charge on any atom is 0.219 e. The van der Waals surface area contributed by atoms with Gasteiger partial charge in [0.25, 0.3) is 0 Å². The number of nitrogens with two attached hydrogens (primary N) is 2. The highest BCUT2D eigenvalue weighted by Crippen LogP contribution is 1.70. The van der Waals surface area contributed by atoms with Crippen molar-refractivity contribution in [3.8, 4) is 0 Å². The van der Waals surface area contributed by atoms with Gasteiger partial charge < -0.3 is 16.8 Å².